The summed E-state index contributed by atoms with van der Waals surface area (Å²) in [5, 5.41) is 2.88. The third-order valence-electron chi connectivity index (χ3n) is 1.54. The van der Waals surface area contributed by atoms with Gasteiger partial charge in [-0.05, 0) is 35.0 Å². The molecule has 1 amide bonds. The first-order valence-corrected chi connectivity index (χ1v) is 4.57. The maximum Gasteiger partial charge on any atom is 0.239 e. The Morgan fingerprint density at radius 2 is 2.46 bits per heavy atom. The normalized spacial score (nSPS) is 12.2. The van der Waals surface area contributed by atoms with Crippen LogP contribution in [-0.4, -0.2) is 16.9 Å². The highest BCUT2D eigenvalue weighted by atomic mass is 79.9. The molecule has 0 aliphatic carbocycles. The Balaban J connectivity index is 2.74. The molecule has 70 valence electrons. The number of aromatic nitrogens is 1. The zero-order valence-corrected chi connectivity index (χ0v) is 8.71. The van der Waals surface area contributed by atoms with Gasteiger partial charge in [-0.15, -0.1) is 0 Å². The van der Waals surface area contributed by atoms with Gasteiger partial charge in [-0.25, -0.2) is 4.98 Å². The molecule has 0 aliphatic rings. The molecule has 1 aromatic heterocycles. The number of carbonyl (C=O) groups is 1. The lowest BCUT2D eigenvalue weighted by Gasteiger charge is -2.11. The molecule has 0 aliphatic heterocycles. The number of primary amides is 1. The molecule has 1 unspecified atom stereocenters. The molecule has 0 saturated carbocycles. The van der Waals surface area contributed by atoms with E-state index in [1.165, 1.54) is 0 Å². The number of nitrogens with zero attached hydrogens (tertiary/aromatic N) is 1. The minimum absolute atomic E-state index is 0.405. The summed E-state index contributed by atoms with van der Waals surface area (Å²) in [5.74, 6) is 0.214. The molecule has 5 heteroatoms. The Morgan fingerprint density at radius 1 is 1.77 bits per heavy atom. The SMILES string of the molecule is CC(Nc1ncccc1Br)C(N)=O. The van der Waals surface area contributed by atoms with E-state index in [1.54, 1.807) is 19.2 Å². The first-order valence-electron chi connectivity index (χ1n) is 3.77. The van der Waals surface area contributed by atoms with E-state index in [2.05, 4.69) is 26.2 Å². The van der Waals surface area contributed by atoms with Crippen LogP contribution < -0.4 is 11.1 Å². The maximum absolute atomic E-state index is 10.7. The maximum atomic E-state index is 10.7. The molecule has 3 N–H and O–H groups in total. The first-order chi connectivity index (χ1) is 6.11. The monoisotopic (exact) mass is 243 g/mol. The highest BCUT2D eigenvalue weighted by molar-refractivity contribution is 9.10. The van der Waals surface area contributed by atoms with E-state index in [-0.39, 0.29) is 0 Å². The molecule has 1 heterocycles. The second kappa shape index (κ2) is 4.23. The Labute approximate surface area is 84.7 Å². The van der Waals surface area contributed by atoms with E-state index in [4.69, 9.17) is 5.73 Å². The van der Waals surface area contributed by atoms with Gasteiger partial charge in [0.25, 0.3) is 0 Å². The van der Waals surface area contributed by atoms with Gasteiger partial charge in [0.05, 0.1) is 4.47 Å². The minimum Gasteiger partial charge on any atom is -0.368 e. The molecule has 1 aromatic rings. The third-order valence-corrected chi connectivity index (χ3v) is 2.18. The van der Waals surface area contributed by atoms with Crippen LogP contribution in [0, 0.1) is 0 Å². The summed E-state index contributed by atoms with van der Waals surface area (Å²) in [4.78, 5) is 14.8. The Kier molecular flexibility index (Phi) is 3.25. The second-order valence-corrected chi connectivity index (χ2v) is 3.46. The Morgan fingerprint density at radius 3 is 3.00 bits per heavy atom. The van der Waals surface area contributed by atoms with Gasteiger partial charge in [0, 0.05) is 6.20 Å². The van der Waals surface area contributed by atoms with Gasteiger partial charge < -0.3 is 11.1 Å². The lowest BCUT2D eigenvalue weighted by Crippen LogP contribution is -2.32. The lowest BCUT2D eigenvalue weighted by molar-refractivity contribution is -0.118. The lowest BCUT2D eigenvalue weighted by atomic mass is 10.3. The van der Waals surface area contributed by atoms with Crippen LogP contribution in [0.5, 0.6) is 0 Å². The summed E-state index contributed by atoms with van der Waals surface area (Å²) in [6.45, 7) is 1.68. The predicted octanol–water partition coefficient (Wildman–Crippen LogP) is 1.13. The van der Waals surface area contributed by atoms with Gasteiger partial charge >= 0.3 is 0 Å². The summed E-state index contributed by atoms with van der Waals surface area (Å²) in [6, 6.07) is 3.21. The van der Waals surface area contributed by atoms with Crippen molar-refractivity contribution in [3.63, 3.8) is 0 Å². The number of rotatable bonds is 3. The molecule has 1 atom stereocenters. The average Bonchev–Trinajstić information content (AvgIpc) is 2.08. The van der Waals surface area contributed by atoms with Crippen molar-refractivity contribution < 1.29 is 4.79 Å². The van der Waals surface area contributed by atoms with Crippen molar-refractivity contribution in [3.8, 4) is 0 Å². The number of hydrogen-bond donors (Lipinski definition) is 2. The largest absolute Gasteiger partial charge is 0.368 e. The number of nitrogens with one attached hydrogen (secondary N) is 1. The number of pyridine rings is 1. The van der Waals surface area contributed by atoms with E-state index in [0.717, 1.165) is 4.47 Å². The summed E-state index contributed by atoms with van der Waals surface area (Å²) >= 11 is 3.30. The highest BCUT2D eigenvalue weighted by Gasteiger charge is 2.09. The quantitative estimate of drug-likeness (QED) is 0.837. The summed E-state index contributed by atoms with van der Waals surface area (Å²) in [6.07, 6.45) is 1.64. The molecule has 4 nitrogen and oxygen atoms in total. The molecular formula is C8H10BrN3O. The number of anilines is 1. The smallest absolute Gasteiger partial charge is 0.239 e. The molecule has 0 bridgehead atoms. The van der Waals surface area contributed by atoms with Crippen molar-refractivity contribution in [2.24, 2.45) is 5.73 Å². The first kappa shape index (κ1) is 9.98. The fourth-order valence-corrected chi connectivity index (χ4v) is 1.14. The van der Waals surface area contributed by atoms with Crippen LogP contribution in [0.1, 0.15) is 6.92 Å². The average molecular weight is 244 g/mol. The fraction of sp³-hybridized carbons (Fsp3) is 0.250. The molecule has 1 rings (SSSR count). The van der Waals surface area contributed by atoms with E-state index >= 15 is 0 Å². The van der Waals surface area contributed by atoms with Gasteiger partial charge in [0.15, 0.2) is 0 Å². The topological polar surface area (TPSA) is 68.0 Å². The Hall–Kier alpha value is -1.10. The van der Waals surface area contributed by atoms with E-state index < -0.39 is 11.9 Å². The van der Waals surface area contributed by atoms with Gasteiger partial charge in [0.1, 0.15) is 11.9 Å². The van der Waals surface area contributed by atoms with Gasteiger partial charge in [-0.3, -0.25) is 4.79 Å². The van der Waals surface area contributed by atoms with Crippen LogP contribution in [0.3, 0.4) is 0 Å². The number of hydrogen-bond acceptors (Lipinski definition) is 3. The zero-order valence-electron chi connectivity index (χ0n) is 7.12. The number of carbonyl (C=O) groups excluding carboxylic acids is 1. The zero-order chi connectivity index (χ0) is 9.84. The number of nitrogens with two attached hydrogens (primary N) is 1. The van der Waals surface area contributed by atoms with Crippen molar-refractivity contribution in [1.29, 1.82) is 0 Å². The molecule has 0 aromatic carbocycles. The molecule has 0 fully saturated rings. The second-order valence-electron chi connectivity index (χ2n) is 2.60. The van der Waals surface area contributed by atoms with Gasteiger partial charge in [-0.2, -0.15) is 0 Å². The van der Waals surface area contributed by atoms with Crippen molar-refractivity contribution in [2.45, 2.75) is 13.0 Å². The van der Waals surface area contributed by atoms with Crippen molar-refractivity contribution in [2.75, 3.05) is 5.32 Å². The van der Waals surface area contributed by atoms with E-state index in [1.807, 2.05) is 6.07 Å². The summed E-state index contributed by atoms with van der Waals surface area (Å²) < 4.78 is 0.808. The molecule has 13 heavy (non-hydrogen) atoms. The highest BCUT2D eigenvalue weighted by Crippen LogP contribution is 2.18. The molecule has 0 spiro atoms. The van der Waals surface area contributed by atoms with Crippen LogP contribution in [0.2, 0.25) is 0 Å². The van der Waals surface area contributed by atoms with Crippen LogP contribution in [-0.2, 0) is 4.79 Å². The van der Waals surface area contributed by atoms with Crippen molar-refractivity contribution in [3.05, 3.63) is 22.8 Å². The van der Waals surface area contributed by atoms with Crippen LogP contribution in [0.25, 0.3) is 0 Å². The Bertz CT molecular complexity index is 316. The van der Waals surface area contributed by atoms with E-state index in [0.29, 0.717) is 5.82 Å². The fourth-order valence-electron chi connectivity index (χ4n) is 0.768. The van der Waals surface area contributed by atoms with Crippen molar-refractivity contribution >= 4 is 27.7 Å². The summed E-state index contributed by atoms with van der Waals surface area (Å²) in [7, 11) is 0. The minimum atomic E-state index is -0.425. The van der Waals surface area contributed by atoms with E-state index in [9.17, 15) is 4.79 Å². The molecule has 0 saturated heterocycles. The van der Waals surface area contributed by atoms with Crippen LogP contribution in [0.15, 0.2) is 22.8 Å². The van der Waals surface area contributed by atoms with Crippen molar-refractivity contribution in [1.82, 2.24) is 4.98 Å². The van der Waals surface area contributed by atoms with Crippen LogP contribution in [0.4, 0.5) is 5.82 Å². The standard InChI is InChI=1S/C8H10BrN3O/c1-5(7(10)13)12-8-6(9)3-2-4-11-8/h2-5H,1H3,(H2,10,13)(H,11,12). The molecular weight excluding hydrogens is 234 g/mol. The van der Waals surface area contributed by atoms with Gasteiger partial charge in [-0.1, -0.05) is 0 Å². The number of amides is 1. The van der Waals surface area contributed by atoms with Gasteiger partial charge in [0.2, 0.25) is 5.91 Å². The number of halogens is 1. The summed E-state index contributed by atoms with van der Waals surface area (Å²) in [5.41, 5.74) is 5.09. The molecule has 0 radical (unpaired) electrons. The van der Waals surface area contributed by atoms with Crippen LogP contribution >= 0.6 is 15.9 Å². The third kappa shape index (κ3) is 2.69. The predicted molar refractivity (Wildman–Crippen MR) is 54.2 cm³/mol.